The molecule has 0 bridgehead atoms. The van der Waals surface area contributed by atoms with E-state index >= 15 is 0 Å². The Morgan fingerprint density at radius 3 is 2.76 bits per heavy atom. The molecule has 9 nitrogen and oxygen atoms in total. The Labute approximate surface area is 166 Å². The number of hydrogen-bond donors (Lipinski definition) is 2. The summed E-state index contributed by atoms with van der Waals surface area (Å²) in [6.07, 6.45) is 10.2. The Bertz CT molecular complexity index is 1010. The van der Waals surface area contributed by atoms with Gasteiger partial charge in [0.25, 0.3) is 5.91 Å². The molecule has 4 heterocycles. The standard InChI is InChI=1S/C19H23FN8O/c1-19(20)9-28(10-19)13-4-2-12(3-5-13)23-17(29)16-15-14(8-22-26-15)24-18(25-16)27-7-6-21-11-27/h6-8,11-13H,2-5,9-10H2,1H3,(H,22,26)(H,23,29)/t12-,13-. The first-order chi connectivity index (χ1) is 14.0. The van der Waals surface area contributed by atoms with E-state index < -0.39 is 5.67 Å². The molecule has 1 aliphatic carbocycles. The third-order valence-corrected chi connectivity index (χ3v) is 5.85. The monoisotopic (exact) mass is 398 g/mol. The third-order valence-electron chi connectivity index (χ3n) is 5.85. The first-order valence-electron chi connectivity index (χ1n) is 9.92. The molecule has 1 saturated heterocycles. The van der Waals surface area contributed by atoms with Crippen LogP contribution in [0, 0.1) is 0 Å². The van der Waals surface area contributed by atoms with Gasteiger partial charge in [-0.2, -0.15) is 5.10 Å². The maximum Gasteiger partial charge on any atom is 0.272 e. The maximum atomic E-state index is 13.8. The van der Waals surface area contributed by atoms with Crippen molar-refractivity contribution in [3.05, 3.63) is 30.6 Å². The fourth-order valence-corrected chi connectivity index (χ4v) is 4.38. The number of nitrogens with one attached hydrogen (secondary N) is 2. The lowest BCUT2D eigenvalue weighted by Crippen LogP contribution is -2.61. The lowest BCUT2D eigenvalue weighted by molar-refractivity contribution is -0.0538. The van der Waals surface area contributed by atoms with Crippen LogP contribution in [-0.2, 0) is 0 Å². The summed E-state index contributed by atoms with van der Waals surface area (Å²) in [6, 6.07) is 0.500. The second-order valence-corrected chi connectivity index (χ2v) is 8.27. The van der Waals surface area contributed by atoms with Crippen LogP contribution in [0.3, 0.4) is 0 Å². The van der Waals surface area contributed by atoms with Gasteiger partial charge in [-0.3, -0.25) is 19.4 Å². The maximum absolute atomic E-state index is 13.8. The van der Waals surface area contributed by atoms with Crippen molar-refractivity contribution in [3.63, 3.8) is 0 Å². The first kappa shape index (κ1) is 18.2. The largest absolute Gasteiger partial charge is 0.348 e. The molecule has 5 rings (SSSR count). The van der Waals surface area contributed by atoms with E-state index in [0.29, 0.717) is 36.1 Å². The minimum absolute atomic E-state index is 0.0846. The van der Waals surface area contributed by atoms with Gasteiger partial charge in [-0.15, -0.1) is 0 Å². The molecular formula is C19H23FN8O. The predicted molar refractivity (Wildman–Crippen MR) is 103 cm³/mol. The zero-order valence-electron chi connectivity index (χ0n) is 16.2. The molecule has 0 atom stereocenters. The van der Waals surface area contributed by atoms with Crippen LogP contribution in [0.5, 0.6) is 0 Å². The fourth-order valence-electron chi connectivity index (χ4n) is 4.38. The average Bonchev–Trinajstić information content (AvgIpc) is 3.37. The van der Waals surface area contributed by atoms with Crippen LogP contribution in [0.4, 0.5) is 4.39 Å². The van der Waals surface area contributed by atoms with E-state index in [0.717, 1.165) is 25.7 Å². The Morgan fingerprint density at radius 1 is 1.28 bits per heavy atom. The van der Waals surface area contributed by atoms with Gasteiger partial charge in [-0.25, -0.2) is 19.3 Å². The molecule has 29 heavy (non-hydrogen) atoms. The number of hydrogen-bond acceptors (Lipinski definition) is 6. The summed E-state index contributed by atoms with van der Waals surface area (Å²) in [7, 11) is 0. The van der Waals surface area contributed by atoms with Crippen molar-refractivity contribution in [2.75, 3.05) is 13.1 Å². The molecule has 10 heteroatoms. The molecule has 1 amide bonds. The Kier molecular flexibility index (Phi) is 4.30. The van der Waals surface area contributed by atoms with E-state index in [2.05, 4.69) is 35.4 Å². The highest BCUT2D eigenvalue weighted by atomic mass is 19.1. The average molecular weight is 398 g/mol. The number of H-pyrrole nitrogens is 1. The van der Waals surface area contributed by atoms with E-state index in [4.69, 9.17) is 0 Å². The highest BCUT2D eigenvalue weighted by Crippen LogP contribution is 2.32. The van der Waals surface area contributed by atoms with Crippen molar-refractivity contribution in [3.8, 4) is 5.95 Å². The van der Waals surface area contributed by atoms with Crippen molar-refractivity contribution in [2.24, 2.45) is 0 Å². The second kappa shape index (κ2) is 6.87. The van der Waals surface area contributed by atoms with Gasteiger partial charge in [0.15, 0.2) is 5.69 Å². The Morgan fingerprint density at radius 2 is 2.07 bits per heavy atom. The van der Waals surface area contributed by atoms with Crippen LogP contribution in [0.2, 0.25) is 0 Å². The van der Waals surface area contributed by atoms with Gasteiger partial charge in [0.05, 0.1) is 6.20 Å². The fraction of sp³-hybridized carbons (Fsp3) is 0.526. The lowest BCUT2D eigenvalue weighted by atomic mass is 9.86. The summed E-state index contributed by atoms with van der Waals surface area (Å²) >= 11 is 0. The second-order valence-electron chi connectivity index (χ2n) is 8.27. The van der Waals surface area contributed by atoms with Crippen molar-refractivity contribution in [1.82, 2.24) is 39.9 Å². The van der Waals surface area contributed by atoms with Crippen LogP contribution in [-0.4, -0.2) is 71.4 Å². The zero-order valence-corrected chi connectivity index (χ0v) is 16.2. The molecule has 3 aromatic heterocycles. The molecule has 0 spiro atoms. The number of aromatic amines is 1. The van der Waals surface area contributed by atoms with Crippen LogP contribution in [0.1, 0.15) is 43.1 Å². The molecular weight excluding hydrogens is 375 g/mol. The molecule has 0 aromatic carbocycles. The number of fused-ring (bicyclic) bond motifs is 1. The number of imidazole rings is 1. The van der Waals surface area contributed by atoms with Gasteiger partial charge >= 0.3 is 0 Å². The molecule has 3 aromatic rings. The van der Waals surface area contributed by atoms with E-state index in [9.17, 15) is 9.18 Å². The van der Waals surface area contributed by atoms with Crippen molar-refractivity contribution >= 4 is 16.9 Å². The van der Waals surface area contributed by atoms with Crippen molar-refractivity contribution in [2.45, 2.75) is 50.4 Å². The quantitative estimate of drug-likeness (QED) is 0.692. The number of carbonyl (C=O) groups excluding carboxylic acids is 1. The van der Waals surface area contributed by atoms with Crippen molar-refractivity contribution in [1.29, 1.82) is 0 Å². The molecule has 0 unspecified atom stereocenters. The number of nitrogens with zero attached hydrogens (tertiary/aromatic N) is 6. The minimum Gasteiger partial charge on any atom is -0.348 e. The van der Waals surface area contributed by atoms with E-state index in [1.807, 2.05) is 0 Å². The highest BCUT2D eigenvalue weighted by Gasteiger charge is 2.42. The number of alkyl halides is 1. The molecule has 2 fully saturated rings. The van der Waals surface area contributed by atoms with E-state index in [1.54, 1.807) is 36.4 Å². The number of aromatic nitrogens is 6. The van der Waals surface area contributed by atoms with Crippen LogP contribution >= 0.6 is 0 Å². The SMILES string of the molecule is CC1(F)CN([C@H]2CC[C@H](NC(=O)c3nc(-n4ccnc4)nc4cn[nH]c34)CC2)C1. The number of halogens is 1. The van der Waals surface area contributed by atoms with E-state index in [1.165, 1.54) is 0 Å². The highest BCUT2D eigenvalue weighted by molar-refractivity contribution is 6.02. The number of carbonyl (C=O) groups is 1. The van der Waals surface area contributed by atoms with Gasteiger partial charge in [-0.05, 0) is 32.6 Å². The molecule has 0 radical (unpaired) electrons. The van der Waals surface area contributed by atoms with Gasteiger partial charge in [0, 0.05) is 37.6 Å². The van der Waals surface area contributed by atoms with Crippen LogP contribution in [0.25, 0.3) is 17.0 Å². The lowest BCUT2D eigenvalue weighted by Gasteiger charge is -2.48. The smallest absolute Gasteiger partial charge is 0.272 e. The topological polar surface area (TPSA) is 105 Å². The summed E-state index contributed by atoms with van der Waals surface area (Å²) in [5.41, 5.74) is 0.322. The number of rotatable bonds is 4. The summed E-state index contributed by atoms with van der Waals surface area (Å²) in [5, 5.41) is 9.93. The summed E-state index contributed by atoms with van der Waals surface area (Å²) < 4.78 is 15.4. The summed E-state index contributed by atoms with van der Waals surface area (Å²) in [4.78, 5) is 28.1. The molecule has 152 valence electrons. The van der Waals surface area contributed by atoms with Gasteiger partial charge in [0.2, 0.25) is 5.95 Å². The minimum atomic E-state index is -1.04. The summed E-state index contributed by atoms with van der Waals surface area (Å²) in [5.74, 6) is 0.129. The third kappa shape index (κ3) is 3.48. The van der Waals surface area contributed by atoms with Gasteiger partial charge in [0.1, 0.15) is 23.0 Å². The molecule has 2 aliphatic rings. The summed E-state index contributed by atoms with van der Waals surface area (Å²) in [6.45, 7) is 2.69. The van der Waals surface area contributed by atoms with Crippen LogP contribution < -0.4 is 5.32 Å². The first-order valence-corrected chi connectivity index (χ1v) is 9.92. The van der Waals surface area contributed by atoms with Gasteiger partial charge < -0.3 is 5.32 Å². The zero-order chi connectivity index (χ0) is 20.0. The molecule has 1 saturated carbocycles. The number of amides is 1. The van der Waals surface area contributed by atoms with Crippen LogP contribution in [0.15, 0.2) is 24.9 Å². The number of likely N-dealkylation sites (tertiary alicyclic amines) is 1. The normalized spacial score (nSPS) is 24.3. The van der Waals surface area contributed by atoms with Gasteiger partial charge in [-0.1, -0.05) is 0 Å². The predicted octanol–water partition coefficient (Wildman–Crippen LogP) is 1.62. The van der Waals surface area contributed by atoms with E-state index in [-0.39, 0.29) is 17.6 Å². The Balaban J connectivity index is 1.28. The Hall–Kier alpha value is -2.88. The molecule has 2 N–H and O–H groups in total. The molecule has 1 aliphatic heterocycles. The van der Waals surface area contributed by atoms with Crippen molar-refractivity contribution < 1.29 is 9.18 Å².